The Morgan fingerprint density at radius 1 is 1.03 bits per heavy atom. The Kier molecular flexibility index (Phi) is 6.43. The summed E-state index contributed by atoms with van der Waals surface area (Å²) in [6.45, 7) is 5.78. The monoisotopic (exact) mass is 504 g/mol. The number of nitrogens with zero attached hydrogens (tertiary/aromatic N) is 2. The molecule has 2 heterocycles. The molecule has 0 aliphatic carbocycles. The van der Waals surface area contributed by atoms with E-state index in [1.807, 2.05) is 35.2 Å². The fourth-order valence-corrected chi connectivity index (χ4v) is 6.51. The van der Waals surface area contributed by atoms with Crippen molar-refractivity contribution >= 4 is 26.4 Å². The molecular formula is C29H29FN2O3S. The lowest BCUT2D eigenvalue weighted by Gasteiger charge is -2.33. The standard InChI is InChI=1S/C29H29FN2O3S/c1-20-8-6-12-23(14-20)36(34,35)28-19-32(18-22-10-4-3-5-11-22)26-16-27(25(30)15-24(26)29(28)33)31-13-7-9-21(2)17-31/h3-6,8,10-12,14-16,19,21H,7,9,13,17-18H2,1-2H3/t21-/m1/s1. The highest BCUT2D eigenvalue weighted by atomic mass is 32.2. The molecule has 1 saturated heterocycles. The lowest BCUT2D eigenvalue weighted by Crippen LogP contribution is -2.35. The first kappa shape index (κ1) is 24.3. The molecular weight excluding hydrogens is 475 g/mol. The Hall–Kier alpha value is -3.45. The van der Waals surface area contributed by atoms with Crippen molar-refractivity contribution < 1.29 is 12.8 Å². The van der Waals surface area contributed by atoms with Crippen LogP contribution in [0.4, 0.5) is 10.1 Å². The van der Waals surface area contributed by atoms with E-state index in [-0.39, 0.29) is 15.2 Å². The van der Waals surface area contributed by atoms with E-state index >= 15 is 4.39 Å². The van der Waals surface area contributed by atoms with Gasteiger partial charge in [-0.25, -0.2) is 12.8 Å². The van der Waals surface area contributed by atoms with Gasteiger partial charge in [-0.2, -0.15) is 0 Å². The van der Waals surface area contributed by atoms with E-state index in [0.717, 1.165) is 37.1 Å². The summed E-state index contributed by atoms with van der Waals surface area (Å²) in [5.41, 5.74) is 1.99. The number of anilines is 1. The van der Waals surface area contributed by atoms with Crippen LogP contribution in [0, 0.1) is 18.7 Å². The van der Waals surface area contributed by atoms with Crippen LogP contribution in [-0.4, -0.2) is 26.1 Å². The maximum Gasteiger partial charge on any atom is 0.211 e. The normalized spacial score (nSPS) is 16.4. The maximum atomic E-state index is 15.4. The van der Waals surface area contributed by atoms with Gasteiger partial charge in [0.15, 0.2) is 0 Å². The second-order valence-corrected chi connectivity index (χ2v) is 11.7. The molecule has 3 aromatic carbocycles. The molecule has 5 nitrogen and oxygen atoms in total. The zero-order chi connectivity index (χ0) is 25.4. The van der Waals surface area contributed by atoms with E-state index in [1.165, 1.54) is 18.3 Å². The third-order valence-corrected chi connectivity index (χ3v) is 8.64. The Bertz CT molecular complexity index is 1600. The highest BCUT2D eigenvalue weighted by Gasteiger charge is 2.26. The molecule has 1 aromatic heterocycles. The van der Waals surface area contributed by atoms with Crippen molar-refractivity contribution in [1.29, 1.82) is 0 Å². The number of aryl methyl sites for hydroxylation is 1. The molecule has 0 amide bonds. The van der Waals surface area contributed by atoms with Gasteiger partial charge in [-0.3, -0.25) is 4.79 Å². The molecule has 1 aliphatic rings. The number of piperidine rings is 1. The van der Waals surface area contributed by atoms with Gasteiger partial charge in [0, 0.05) is 25.8 Å². The molecule has 0 unspecified atom stereocenters. The molecule has 7 heteroatoms. The first-order valence-corrected chi connectivity index (χ1v) is 13.7. The first-order valence-electron chi connectivity index (χ1n) is 12.2. The highest BCUT2D eigenvalue weighted by molar-refractivity contribution is 7.91. The number of pyridine rings is 1. The van der Waals surface area contributed by atoms with Crippen LogP contribution in [0.5, 0.6) is 0 Å². The van der Waals surface area contributed by atoms with Gasteiger partial charge in [0.25, 0.3) is 0 Å². The van der Waals surface area contributed by atoms with Gasteiger partial charge in [-0.05, 0) is 61.1 Å². The number of sulfone groups is 1. The molecule has 186 valence electrons. The Morgan fingerprint density at radius 2 is 1.81 bits per heavy atom. The highest BCUT2D eigenvalue weighted by Crippen LogP contribution is 2.30. The van der Waals surface area contributed by atoms with E-state index < -0.39 is 21.1 Å². The zero-order valence-corrected chi connectivity index (χ0v) is 21.3. The van der Waals surface area contributed by atoms with Gasteiger partial charge in [-0.15, -0.1) is 0 Å². The van der Waals surface area contributed by atoms with Gasteiger partial charge in [0.2, 0.25) is 15.3 Å². The summed E-state index contributed by atoms with van der Waals surface area (Å²) in [6, 6.07) is 19.0. The quantitative estimate of drug-likeness (QED) is 0.357. The molecule has 0 saturated carbocycles. The summed E-state index contributed by atoms with van der Waals surface area (Å²) in [5.74, 6) is -0.0627. The molecule has 1 aliphatic heterocycles. The average Bonchev–Trinajstić information content (AvgIpc) is 2.86. The van der Waals surface area contributed by atoms with Gasteiger partial charge in [-0.1, -0.05) is 49.4 Å². The predicted molar refractivity (Wildman–Crippen MR) is 141 cm³/mol. The Morgan fingerprint density at radius 3 is 2.53 bits per heavy atom. The largest absolute Gasteiger partial charge is 0.369 e. The van der Waals surface area contributed by atoms with Crippen LogP contribution < -0.4 is 10.3 Å². The molecule has 36 heavy (non-hydrogen) atoms. The molecule has 5 rings (SSSR count). The van der Waals surface area contributed by atoms with Crippen LogP contribution in [0.2, 0.25) is 0 Å². The number of aromatic nitrogens is 1. The maximum absolute atomic E-state index is 15.4. The molecule has 0 N–H and O–H groups in total. The van der Waals surface area contributed by atoms with E-state index in [2.05, 4.69) is 6.92 Å². The van der Waals surface area contributed by atoms with Crippen LogP contribution in [0.1, 0.15) is 30.9 Å². The fraction of sp³-hybridized carbons (Fsp3) is 0.276. The predicted octanol–water partition coefficient (Wildman–Crippen LogP) is 5.57. The van der Waals surface area contributed by atoms with Crippen molar-refractivity contribution in [1.82, 2.24) is 4.57 Å². The van der Waals surface area contributed by atoms with Crippen LogP contribution in [0.3, 0.4) is 0 Å². The van der Waals surface area contributed by atoms with Gasteiger partial charge in [0.1, 0.15) is 10.7 Å². The van der Waals surface area contributed by atoms with Crippen molar-refractivity contribution in [2.24, 2.45) is 5.92 Å². The minimum absolute atomic E-state index is 0.0459. The van der Waals surface area contributed by atoms with E-state index in [4.69, 9.17) is 0 Å². The lowest BCUT2D eigenvalue weighted by atomic mass is 9.99. The number of hydrogen-bond donors (Lipinski definition) is 0. The van der Waals surface area contributed by atoms with Crippen molar-refractivity contribution in [3.05, 3.63) is 100 Å². The second kappa shape index (κ2) is 9.54. The van der Waals surface area contributed by atoms with E-state index in [1.54, 1.807) is 35.8 Å². The van der Waals surface area contributed by atoms with E-state index in [0.29, 0.717) is 23.7 Å². The van der Waals surface area contributed by atoms with Crippen LogP contribution in [-0.2, 0) is 16.4 Å². The molecule has 1 fully saturated rings. The van der Waals surface area contributed by atoms with Crippen molar-refractivity contribution in [2.75, 3.05) is 18.0 Å². The summed E-state index contributed by atoms with van der Waals surface area (Å²) in [6.07, 6.45) is 3.49. The molecule has 0 bridgehead atoms. The summed E-state index contributed by atoms with van der Waals surface area (Å²) in [4.78, 5) is 15.3. The zero-order valence-electron chi connectivity index (χ0n) is 20.4. The van der Waals surface area contributed by atoms with Crippen LogP contribution >= 0.6 is 0 Å². The second-order valence-electron chi connectivity index (χ2n) is 9.77. The number of halogens is 1. The van der Waals surface area contributed by atoms with Gasteiger partial charge < -0.3 is 9.47 Å². The Labute approximate surface area is 210 Å². The molecule has 0 spiro atoms. The van der Waals surface area contributed by atoms with Gasteiger partial charge in [0.05, 0.1) is 21.5 Å². The van der Waals surface area contributed by atoms with Crippen molar-refractivity contribution in [3.63, 3.8) is 0 Å². The Balaban J connectivity index is 1.74. The third-order valence-electron chi connectivity index (χ3n) is 6.90. The number of rotatable bonds is 5. The lowest BCUT2D eigenvalue weighted by molar-refractivity contribution is 0.442. The minimum atomic E-state index is -4.12. The SMILES string of the molecule is Cc1cccc(S(=O)(=O)c2cn(Cc3ccccc3)c3cc(N4CCC[C@@H](C)C4)c(F)cc3c2=O)c1. The number of fused-ring (bicyclic) bond motifs is 1. The van der Waals surface area contributed by atoms with Crippen molar-refractivity contribution in [2.45, 2.75) is 43.0 Å². The molecule has 4 aromatic rings. The van der Waals surface area contributed by atoms with Gasteiger partial charge >= 0.3 is 0 Å². The minimum Gasteiger partial charge on any atom is -0.369 e. The van der Waals surface area contributed by atoms with E-state index in [9.17, 15) is 13.2 Å². The average molecular weight is 505 g/mol. The first-order chi connectivity index (χ1) is 17.2. The summed E-state index contributed by atoms with van der Waals surface area (Å²) >= 11 is 0. The summed E-state index contributed by atoms with van der Waals surface area (Å²) in [7, 11) is -4.12. The van der Waals surface area contributed by atoms with Crippen LogP contribution in [0.25, 0.3) is 10.9 Å². The summed E-state index contributed by atoms with van der Waals surface area (Å²) < 4.78 is 44.3. The number of hydrogen-bond acceptors (Lipinski definition) is 4. The number of benzene rings is 3. The topological polar surface area (TPSA) is 59.4 Å². The van der Waals surface area contributed by atoms with Crippen LogP contribution in [0.15, 0.2) is 87.5 Å². The van der Waals surface area contributed by atoms with Crippen molar-refractivity contribution in [3.8, 4) is 0 Å². The summed E-state index contributed by atoms with van der Waals surface area (Å²) in [5, 5.41) is 0.0611. The molecule has 1 atom stereocenters. The third kappa shape index (κ3) is 4.55. The smallest absolute Gasteiger partial charge is 0.211 e. The molecule has 0 radical (unpaired) electrons. The fourth-order valence-electron chi connectivity index (χ4n) is 5.04.